The predicted octanol–water partition coefficient (Wildman–Crippen LogP) is 2.54. The van der Waals surface area contributed by atoms with Gasteiger partial charge in [-0.3, -0.25) is 4.79 Å². The van der Waals surface area contributed by atoms with E-state index in [4.69, 9.17) is 0 Å². The van der Waals surface area contributed by atoms with E-state index in [1.54, 1.807) is 12.1 Å². The largest absolute Gasteiger partial charge is 0.319 e. The van der Waals surface area contributed by atoms with E-state index in [0.29, 0.717) is 23.5 Å². The maximum absolute atomic E-state index is 13.5. The van der Waals surface area contributed by atoms with Gasteiger partial charge in [-0.1, -0.05) is 12.1 Å². The summed E-state index contributed by atoms with van der Waals surface area (Å²) in [6.07, 6.45) is 0. The monoisotopic (exact) mass is 319 g/mol. The van der Waals surface area contributed by atoms with E-state index >= 15 is 0 Å². The van der Waals surface area contributed by atoms with Gasteiger partial charge in [0.05, 0.1) is 5.69 Å². The fourth-order valence-corrected chi connectivity index (χ4v) is 1.87. The van der Waals surface area contributed by atoms with Crippen molar-refractivity contribution in [2.75, 3.05) is 5.32 Å². The molecule has 116 valence electrons. The number of nitrogens with one attached hydrogen (secondary N) is 2. The van der Waals surface area contributed by atoms with Crippen LogP contribution < -0.4 is 5.32 Å². The molecule has 2 aromatic carbocycles. The van der Waals surface area contributed by atoms with Crippen molar-refractivity contribution in [3.05, 3.63) is 59.4 Å². The van der Waals surface area contributed by atoms with Crippen LogP contribution in [0.15, 0.2) is 36.4 Å². The van der Waals surface area contributed by atoms with Gasteiger partial charge in [-0.15, -0.1) is 10.2 Å². The van der Waals surface area contributed by atoms with Crippen LogP contribution >= 0.6 is 0 Å². The summed E-state index contributed by atoms with van der Waals surface area (Å²) in [6, 6.07) is 7.00. The standard InChI is InChI=1S/C14H8F3N5O/c15-9-5-11(17)12(6-10(9)16)18-14(23)8-3-1-7(2-4-8)13-19-21-22-20-13/h1-6H,(H,18,23)(H,19,20,21,22). The third-order valence-electron chi connectivity index (χ3n) is 3.01. The molecule has 6 nitrogen and oxygen atoms in total. The summed E-state index contributed by atoms with van der Waals surface area (Å²) >= 11 is 0. The number of hydrogen-bond donors (Lipinski definition) is 2. The molecule has 3 rings (SSSR count). The number of halogens is 3. The van der Waals surface area contributed by atoms with Gasteiger partial charge in [0.25, 0.3) is 5.91 Å². The molecule has 0 saturated heterocycles. The number of carbonyl (C=O) groups excluding carboxylic acids is 1. The lowest BCUT2D eigenvalue weighted by atomic mass is 10.1. The van der Waals surface area contributed by atoms with E-state index < -0.39 is 29.0 Å². The van der Waals surface area contributed by atoms with Crippen molar-refractivity contribution in [1.82, 2.24) is 20.6 Å². The lowest BCUT2D eigenvalue weighted by molar-refractivity contribution is 0.102. The van der Waals surface area contributed by atoms with Crippen LogP contribution in [0.3, 0.4) is 0 Å². The fraction of sp³-hybridized carbons (Fsp3) is 0. The molecular weight excluding hydrogens is 311 g/mol. The number of tetrazole rings is 1. The Morgan fingerprint density at radius 3 is 2.35 bits per heavy atom. The highest BCUT2D eigenvalue weighted by atomic mass is 19.2. The Hall–Kier alpha value is -3.23. The lowest BCUT2D eigenvalue weighted by Gasteiger charge is -2.07. The zero-order chi connectivity index (χ0) is 16.4. The van der Waals surface area contributed by atoms with Crippen LogP contribution in [0.1, 0.15) is 10.4 Å². The minimum absolute atomic E-state index is 0.196. The molecule has 23 heavy (non-hydrogen) atoms. The smallest absolute Gasteiger partial charge is 0.255 e. The summed E-state index contributed by atoms with van der Waals surface area (Å²) in [5.74, 6) is -3.97. The first-order valence-corrected chi connectivity index (χ1v) is 6.34. The summed E-state index contributed by atoms with van der Waals surface area (Å²) < 4.78 is 39.5. The number of anilines is 1. The van der Waals surface area contributed by atoms with E-state index in [1.807, 2.05) is 0 Å². The Balaban J connectivity index is 1.80. The van der Waals surface area contributed by atoms with Gasteiger partial charge in [0.2, 0.25) is 5.82 Å². The molecule has 0 fully saturated rings. The summed E-state index contributed by atoms with van der Waals surface area (Å²) in [5.41, 5.74) is 0.367. The highest BCUT2D eigenvalue weighted by Gasteiger charge is 2.14. The normalized spacial score (nSPS) is 10.6. The molecule has 1 amide bonds. The topological polar surface area (TPSA) is 83.6 Å². The number of H-pyrrole nitrogens is 1. The molecule has 9 heteroatoms. The second-order valence-corrected chi connectivity index (χ2v) is 4.51. The van der Waals surface area contributed by atoms with Crippen LogP contribution in [0.2, 0.25) is 0 Å². The van der Waals surface area contributed by atoms with Crippen molar-refractivity contribution in [2.45, 2.75) is 0 Å². The number of carbonyl (C=O) groups is 1. The van der Waals surface area contributed by atoms with Gasteiger partial charge < -0.3 is 5.32 Å². The molecule has 2 N–H and O–H groups in total. The van der Waals surface area contributed by atoms with Crippen molar-refractivity contribution >= 4 is 11.6 Å². The zero-order valence-corrected chi connectivity index (χ0v) is 11.3. The van der Waals surface area contributed by atoms with Gasteiger partial charge in [0.1, 0.15) is 5.82 Å². The van der Waals surface area contributed by atoms with Crippen molar-refractivity contribution < 1.29 is 18.0 Å². The van der Waals surface area contributed by atoms with Gasteiger partial charge in [-0.05, 0) is 17.3 Å². The van der Waals surface area contributed by atoms with E-state index in [0.717, 1.165) is 0 Å². The number of amides is 1. The number of rotatable bonds is 3. The van der Waals surface area contributed by atoms with Gasteiger partial charge in [-0.2, -0.15) is 5.21 Å². The minimum atomic E-state index is -1.33. The molecule has 3 aromatic rings. The molecule has 0 saturated carbocycles. The maximum atomic E-state index is 13.5. The summed E-state index contributed by atoms with van der Waals surface area (Å²) in [4.78, 5) is 12.0. The number of hydrogen-bond acceptors (Lipinski definition) is 4. The number of aromatic nitrogens is 4. The van der Waals surface area contributed by atoms with Crippen LogP contribution in [-0.4, -0.2) is 26.5 Å². The first kappa shape index (κ1) is 14.7. The number of benzene rings is 2. The van der Waals surface area contributed by atoms with E-state index in [2.05, 4.69) is 25.9 Å². The van der Waals surface area contributed by atoms with E-state index in [9.17, 15) is 18.0 Å². The lowest BCUT2D eigenvalue weighted by Crippen LogP contribution is -2.13. The van der Waals surface area contributed by atoms with Crippen molar-refractivity contribution in [3.8, 4) is 11.4 Å². The number of nitrogens with zero attached hydrogens (tertiary/aromatic N) is 3. The Morgan fingerprint density at radius 2 is 1.70 bits per heavy atom. The quantitative estimate of drug-likeness (QED) is 0.727. The van der Waals surface area contributed by atoms with Gasteiger partial charge in [0.15, 0.2) is 11.6 Å². The molecule has 0 aliphatic carbocycles. The molecule has 0 radical (unpaired) electrons. The van der Waals surface area contributed by atoms with Gasteiger partial charge in [-0.25, -0.2) is 13.2 Å². The zero-order valence-electron chi connectivity index (χ0n) is 11.3. The second-order valence-electron chi connectivity index (χ2n) is 4.51. The summed E-state index contributed by atoms with van der Waals surface area (Å²) in [5, 5.41) is 15.5. The average molecular weight is 319 g/mol. The predicted molar refractivity (Wildman–Crippen MR) is 73.9 cm³/mol. The van der Waals surface area contributed by atoms with Crippen LogP contribution in [0.5, 0.6) is 0 Å². The molecule has 0 atom stereocenters. The Morgan fingerprint density at radius 1 is 1.00 bits per heavy atom. The second kappa shape index (κ2) is 5.87. The van der Waals surface area contributed by atoms with Gasteiger partial charge >= 0.3 is 0 Å². The van der Waals surface area contributed by atoms with Crippen LogP contribution in [0.4, 0.5) is 18.9 Å². The maximum Gasteiger partial charge on any atom is 0.255 e. The molecule has 1 aromatic heterocycles. The van der Waals surface area contributed by atoms with Crippen LogP contribution in [0.25, 0.3) is 11.4 Å². The van der Waals surface area contributed by atoms with E-state index in [-0.39, 0.29) is 5.56 Å². The third-order valence-corrected chi connectivity index (χ3v) is 3.01. The fourth-order valence-electron chi connectivity index (χ4n) is 1.87. The first-order valence-electron chi connectivity index (χ1n) is 6.34. The first-order chi connectivity index (χ1) is 11.0. The molecule has 1 heterocycles. The Labute approximate surface area is 127 Å². The molecule has 0 aliphatic heterocycles. The van der Waals surface area contributed by atoms with Crippen molar-refractivity contribution in [2.24, 2.45) is 0 Å². The molecule has 0 unspecified atom stereocenters. The summed E-state index contributed by atoms with van der Waals surface area (Å²) in [7, 11) is 0. The average Bonchev–Trinajstić information content (AvgIpc) is 3.07. The van der Waals surface area contributed by atoms with Crippen molar-refractivity contribution in [3.63, 3.8) is 0 Å². The van der Waals surface area contributed by atoms with Gasteiger partial charge in [0, 0.05) is 23.3 Å². The van der Waals surface area contributed by atoms with Crippen molar-refractivity contribution in [1.29, 1.82) is 0 Å². The SMILES string of the molecule is O=C(Nc1cc(F)c(F)cc1F)c1ccc(-c2nn[nH]n2)cc1. The molecule has 0 aliphatic rings. The highest BCUT2D eigenvalue weighted by molar-refractivity contribution is 6.04. The minimum Gasteiger partial charge on any atom is -0.319 e. The van der Waals surface area contributed by atoms with E-state index in [1.165, 1.54) is 12.1 Å². The molecule has 0 spiro atoms. The Kier molecular flexibility index (Phi) is 3.75. The Bertz CT molecular complexity index is 850. The summed E-state index contributed by atoms with van der Waals surface area (Å²) in [6.45, 7) is 0. The van der Waals surface area contributed by atoms with Crippen LogP contribution in [0, 0.1) is 17.5 Å². The number of aromatic amines is 1. The molecular formula is C14H8F3N5O. The third kappa shape index (κ3) is 3.03. The highest BCUT2D eigenvalue weighted by Crippen LogP contribution is 2.20. The molecule has 0 bridgehead atoms. The van der Waals surface area contributed by atoms with Crippen LogP contribution in [-0.2, 0) is 0 Å².